The third kappa shape index (κ3) is 4.55. The maximum atomic E-state index is 12.4. The number of benzene rings is 1. The first-order valence-electron chi connectivity index (χ1n) is 7.81. The van der Waals surface area contributed by atoms with Crippen LogP contribution < -0.4 is 10.1 Å². The van der Waals surface area contributed by atoms with Gasteiger partial charge in [0.25, 0.3) is 5.91 Å². The first-order valence-corrected chi connectivity index (χ1v) is 8.69. The van der Waals surface area contributed by atoms with Crippen molar-refractivity contribution in [2.45, 2.75) is 25.8 Å². The van der Waals surface area contributed by atoms with E-state index in [9.17, 15) is 9.59 Å². The highest BCUT2D eigenvalue weighted by Gasteiger charge is 2.34. The lowest BCUT2D eigenvalue weighted by molar-refractivity contribution is -0.137. The van der Waals surface area contributed by atoms with Crippen LogP contribution in [0, 0.1) is 6.92 Å². The van der Waals surface area contributed by atoms with E-state index in [0.29, 0.717) is 10.9 Å². The quantitative estimate of drug-likeness (QED) is 0.837. The van der Waals surface area contributed by atoms with Crippen LogP contribution in [0.4, 0.5) is 5.13 Å². The number of anilines is 1. The minimum atomic E-state index is -0.232. The number of para-hydroxylation sites is 1. The fourth-order valence-electron chi connectivity index (χ4n) is 2.28. The molecular weight excluding hydrogens is 326 g/mol. The summed E-state index contributed by atoms with van der Waals surface area (Å²) in [6.45, 7) is 1.83. The predicted octanol–water partition coefficient (Wildman–Crippen LogP) is 2.46. The van der Waals surface area contributed by atoms with E-state index >= 15 is 0 Å². The van der Waals surface area contributed by atoms with E-state index in [1.54, 1.807) is 17.0 Å². The third-order valence-electron chi connectivity index (χ3n) is 3.59. The molecule has 126 valence electrons. The number of rotatable bonds is 7. The van der Waals surface area contributed by atoms with E-state index in [1.165, 1.54) is 11.3 Å². The van der Waals surface area contributed by atoms with Gasteiger partial charge in [0, 0.05) is 11.4 Å². The van der Waals surface area contributed by atoms with Crippen LogP contribution in [-0.4, -0.2) is 40.9 Å². The fraction of sp³-hybridized carbons (Fsp3) is 0.353. The Morgan fingerprint density at radius 3 is 2.71 bits per heavy atom. The molecule has 1 fully saturated rings. The van der Waals surface area contributed by atoms with E-state index in [1.807, 2.05) is 30.5 Å². The van der Waals surface area contributed by atoms with Crippen molar-refractivity contribution in [3.05, 3.63) is 41.4 Å². The normalized spacial score (nSPS) is 13.4. The lowest BCUT2D eigenvalue weighted by atomic mass is 10.3. The molecule has 2 amide bonds. The molecule has 1 aromatic carbocycles. The van der Waals surface area contributed by atoms with Gasteiger partial charge in [-0.25, -0.2) is 4.98 Å². The Hall–Kier alpha value is -2.41. The summed E-state index contributed by atoms with van der Waals surface area (Å²) in [5, 5.41) is 5.16. The van der Waals surface area contributed by atoms with Gasteiger partial charge in [0.15, 0.2) is 11.7 Å². The highest BCUT2D eigenvalue weighted by Crippen LogP contribution is 2.27. The molecule has 7 heteroatoms. The number of nitrogens with one attached hydrogen (secondary N) is 1. The number of ether oxygens (including phenoxy) is 1. The van der Waals surface area contributed by atoms with Crippen molar-refractivity contribution in [2.75, 3.05) is 18.5 Å². The molecule has 1 aliphatic rings. The molecule has 0 radical (unpaired) electrons. The molecule has 1 aliphatic carbocycles. The number of thiazole rings is 1. The second kappa shape index (κ2) is 7.44. The highest BCUT2D eigenvalue weighted by atomic mass is 32.1. The van der Waals surface area contributed by atoms with Crippen LogP contribution in [0.1, 0.15) is 18.5 Å². The molecule has 0 saturated heterocycles. The van der Waals surface area contributed by atoms with E-state index in [-0.39, 0.29) is 31.0 Å². The topological polar surface area (TPSA) is 71.5 Å². The second-order valence-corrected chi connectivity index (χ2v) is 6.55. The standard InChI is InChI=1S/C17H19N3O3S/c1-12-11-24-17(18-12)19-15(21)9-20(13-7-8-13)16(22)10-23-14-5-3-2-4-6-14/h2-6,11,13H,7-10H2,1H3,(H,18,19,21). The van der Waals surface area contributed by atoms with Crippen molar-refractivity contribution in [1.82, 2.24) is 9.88 Å². The molecule has 0 atom stereocenters. The second-order valence-electron chi connectivity index (χ2n) is 5.70. The lowest BCUT2D eigenvalue weighted by Crippen LogP contribution is -2.42. The Morgan fingerprint density at radius 2 is 2.08 bits per heavy atom. The van der Waals surface area contributed by atoms with Gasteiger partial charge in [-0.3, -0.25) is 9.59 Å². The first kappa shape index (κ1) is 16.4. The molecule has 6 nitrogen and oxygen atoms in total. The van der Waals surface area contributed by atoms with Crippen molar-refractivity contribution in [2.24, 2.45) is 0 Å². The lowest BCUT2D eigenvalue weighted by Gasteiger charge is -2.21. The molecule has 1 aromatic heterocycles. The van der Waals surface area contributed by atoms with Crippen LogP contribution in [0.2, 0.25) is 0 Å². The Bertz CT molecular complexity index is 713. The summed E-state index contributed by atoms with van der Waals surface area (Å²) in [7, 11) is 0. The van der Waals surface area contributed by atoms with Crippen LogP contribution in [0.25, 0.3) is 0 Å². The van der Waals surface area contributed by atoms with Gasteiger partial charge in [-0.1, -0.05) is 18.2 Å². The third-order valence-corrected chi connectivity index (χ3v) is 4.47. The van der Waals surface area contributed by atoms with Crippen LogP contribution in [0.15, 0.2) is 35.7 Å². The van der Waals surface area contributed by atoms with Gasteiger partial charge < -0.3 is 15.0 Å². The summed E-state index contributed by atoms with van der Waals surface area (Å²) in [5.74, 6) is 0.237. The number of amides is 2. The number of carbonyl (C=O) groups is 2. The van der Waals surface area contributed by atoms with Gasteiger partial charge in [0.05, 0.1) is 5.69 Å². The van der Waals surface area contributed by atoms with Crippen molar-refractivity contribution < 1.29 is 14.3 Å². The number of aryl methyl sites for hydroxylation is 1. The van der Waals surface area contributed by atoms with Crippen molar-refractivity contribution in [3.8, 4) is 5.75 Å². The Balaban J connectivity index is 1.54. The van der Waals surface area contributed by atoms with Crippen LogP contribution in [-0.2, 0) is 9.59 Å². The largest absolute Gasteiger partial charge is 0.484 e. The molecule has 24 heavy (non-hydrogen) atoms. The summed E-state index contributed by atoms with van der Waals surface area (Å²) < 4.78 is 5.50. The summed E-state index contributed by atoms with van der Waals surface area (Å²) in [4.78, 5) is 30.4. The number of nitrogens with zero attached hydrogens (tertiary/aromatic N) is 2. The zero-order chi connectivity index (χ0) is 16.9. The summed E-state index contributed by atoms with van der Waals surface area (Å²) >= 11 is 1.37. The molecule has 0 aliphatic heterocycles. The molecule has 2 aromatic rings. The van der Waals surface area contributed by atoms with Crippen molar-refractivity contribution in [3.63, 3.8) is 0 Å². The zero-order valence-electron chi connectivity index (χ0n) is 13.4. The number of carbonyl (C=O) groups excluding carboxylic acids is 2. The molecule has 1 N–H and O–H groups in total. The summed E-state index contributed by atoms with van der Waals surface area (Å²) in [6, 6.07) is 9.32. The number of aromatic nitrogens is 1. The van der Waals surface area contributed by atoms with Gasteiger partial charge in [-0.05, 0) is 31.9 Å². The van der Waals surface area contributed by atoms with Gasteiger partial charge in [-0.2, -0.15) is 0 Å². The Kier molecular flexibility index (Phi) is 5.10. The molecule has 0 bridgehead atoms. The average Bonchev–Trinajstić information content (AvgIpc) is 3.34. The maximum absolute atomic E-state index is 12.4. The SMILES string of the molecule is Cc1csc(NC(=O)CN(C(=O)COc2ccccc2)C2CC2)n1. The van der Waals surface area contributed by atoms with E-state index in [4.69, 9.17) is 4.74 Å². The highest BCUT2D eigenvalue weighted by molar-refractivity contribution is 7.13. The van der Waals surface area contributed by atoms with Crippen molar-refractivity contribution >= 4 is 28.3 Å². The van der Waals surface area contributed by atoms with E-state index < -0.39 is 0 Å². The van der Waals surface area contributed by atoms with Gasteiger partial charge in [0.1, 0.15) is 12.3 Å². The number of hydrogen-bond donors (Lipinski definition) is 1. The van der Waals surface area contributed by atoms with Crippen LogP contribution >= 0.6 is 11.3 Å². The van der Waals surface area contributed by atoms with Gasteiger partial charge in [0.2, 0.25) is 5.91 Å². The molecule has 1 heterocycles. The minimum absolute atomic E-state index is 0.0281. The van der Waals surface area contributed by atoms with Crippen LogP contribution in [0.5, 0.6) is 5.75 Å². The Morgan fingerprint density at radius 1 is 1.33 bits per heavy atom. The van der Waals surface area contributed by atoms with Crippen LogP contribution in [0.3, 0.4) is 0 Å². The van der Waals surface area contributed by atoms with E-state index in [2.05, 4.69) is 10.3 Å². The number of hydrogen-bond acceptors (Lipinski definition) is 5. The summed E-state index contributed by atoms with van der Waals surface area (Å²) in [6.07, 6.45) is 1.86. The van der Waals surface area contributed by atoms with Gasteiger partial charge >= 0.3 is 0 Å². The smallest absolute Gasteiger partial charge is 0.261 e. The molecule has 0 spiro atoms. The Labute approximate surface area is 144 Å². The average molecular weight is 345 g/mol. The molecule has 0 unspecified atom stereocenters. The molecule has 3 rings (SSSR count). The molecule has 1 saturated carbocycles. The van der Waals surface area contributed by atoms with Gasteiger partial charge in [-0.15, -0.1) is 11.3 Å². The maximum Gasteiger partial charge on any atom is 0.261 e. The summed E-state index contributed by atoms with van der Waals surface area (Å²) in [5.41, 5.74) is 0.863. The zero-order valence-corrected chi connectivity index (χ0v) is 14.2. The minimum Gasteiger partial charge on any atom is -0.484 e. The monoisotopic (exact) mass is 345 g/mol. The fourth-order valence-corrected chi connectivity index (χ4v) is 2.98. The van der Waals surface area contributed by atoms with Crippen molar-refractivity contribution in [1.29, 1.82) is 0 Å². The predicted molar refractivity (Wildman–Crippen MR) is 92.2 cm³/mol. The first-order chi connectivity index (χ1) is 11.6. The van der Waals surface area contributed by atoms with E-state index in [0.717, 1.165) is 18.5 Å². The molecular formula is C17H19N3O3S.